The fourth-order valence-corrected chi connectivity index (χ4v) is 1.90. The summed E-state index contributed by atoms with van der Waals surface area (Å²) in [6.45, 7) is 4.56. The summed E-state index contributed by atoms with van der Waals surface area (Å²) in [4.78, 5) is 10.9. The van der Waals surface area contributed by atoms with Gasteiger partial charge < -0.3 is 10.4 Å². The highest BCUT2D eigenvalue weighted by atomic mass is 16.4. The number of aliphatic carboxylic acids is 1. The summed E-state index contributed by atoms with van der Waals surface area (Å²) in [7, 11) is 0. The smallest absolute Gasteiger partial charge is 0.312 e. The molecule has 1 aromatic rings. The topological polar surface area (TPSA) is 49.3 Å². The molecule has 1 atom stereocenters. The zero-order valence-corrected chi connectivity index (χ0v) is 8.29. The van der Waals surface area contributed by atoms with E-state index in [0.29, 0.717) is 6.54 Å². The van der Waals surface area contributed by atoms with Gasteiger partial charge in [0.15, 0.2) is 0 Å². The second-order valence-electron chi connectivity index (χ2n) is 3.74. The number of benzene rings is 1. The van der Waals surface area contributed by atoms with Gasteiger partial charge in [-0.2, -0.15) is 0 Å². The minimum absolute atomic E-state index is 0.385. The van der Waals surface area contributed by atoms with E-state index in [0.717, 1.165) is 16.8 Å². The third-order valence-electron chi connectivity index (χ3n) is 2.92. The SMILES string of the molecule is Cc1ccc2c(c1C)NCC2C(=O)O. The highest BCUT2D eigenvalue weighted by Gasteiger charge is 2.29. The molecule has 1 unspecified atom stereocenters. The van der Waals surface area contributed by atoms with E-state index in [1.165, 1.54) is 5.56 Å². The molecule has 1 heterocycles. The van der Waals surface area contributed by atoms with Gasteiger partial charge in [-0.15, -0.1) is 0 Å². The normalized spacial score (nSPS) is 18.9. The van der Waals surface area contributed by atoms with Crippen molar-refractivity contribution in [2.45, 2.75) is 19.8 Å². The van der Waals surface area contributed by atoms with E-state index in [2.05, 4.69) is 5.32 Å². The summed E-state index contributed by atoms with van der Waals surface area (Å²) in [6, 6.07) is 3.90. The van der Waals surface area contributed by atoms with Gasteiger partial charge in [-0.1, -0.05) is 12.1 Å². The summed E-state index contributed by atoms with van der Waals surface area (Å²) < 4.78 is 0. The van der Waals surface area contributed by atoms with Crippen LogP contribution in [0.1, 0.15) is 22.6 Å². The van der Waals surface area contributed by atoms with E-state index in [4.69, 9.17) is 5.11 Å². The first-order valence-corrected chi connectivity index (χ1v) is 4.68. The van der Waals surface area contributed by atoms with Gasteiger partial charge in [-0.3, -0.25) is 4.79 Å². The first-order chi connectivity index (χ1) is 6.61. The summed E-state index contributed by atoms with van der Waals surface area (Å²) in [5.41, 5.74) is 4.28. The Bertz CT molecular complexity index is 399. The van der Waals surface area contributed by atoms with Crippen molar-refractivity contribution in [3.8, 4) is 0 Å². The van der Waals surface area contributed by atoms with Crippen molar-refractivity contribution in [2.75, 3.05) is 11.9 Å². The number of anilines is 1. The monoisotopic (exact) mass is 191 g/mol. The minimum Gasteiger partial charge on any atom is -0.481 e. The Morgan fingerprint density at radius 3 is 2.86 bits per heavy atom. The number of carboxylic acids is 1. The average molecular weight is 191 g/mol. The largest absolute Gasteiger partial charge is 0.481 e. The van der Waals surface area contributed by atoms with Crippen LogP contribution in [0.25, 0.3) is 0 Å². The summed E-state index contributed by atoms with van der Waals surface area (Å²) >= 11 is 0. The summed E-state index contributed by atoms with van der Waals surface area (Å²) in [5, 5.41) is 12.1. The number of hydrogen-bond acceptors (Lipinski definition) is 2. The Hall–Kier alpha value is -1.51. The van der Waals surface area contributed by atoms with Gasteiger partial charge >= 0.3 is 5.97 Å². The third kappa shape index (κ3) is 1.16. The molecule has 1 aromatic carbocycles. The molecule has 14 heavy (non-hydrogen) atoms. The zero-order chi connectivity index (χ0) is 10.3. The second kappa shape index (κ2) is 3.01. The molecule has 0 saturated carbocycles. The molecule has 2 rings (SSSR count). The van der Waals surface area contributed by atoms with Crippen molar-refractivity contribution in [1.29, 1.82) is 0 Å². The van der Waals surface area contributed by atoms with Crippen molar-refractivity contribution in [3.05, 3.63) is 28.8 Å². The van der Waals surface area contributed by atoms with Crippen molar-refractivity contribution < 1.29 is 9.90 Å². The van der Waals surface area contributed by atoms with E-state index in [1.54, 1.807) is 0 Å². The molecular formula is C11H13NO2. The lowest BCUT2D eigenvalue weighted by atomic mass is 9.97. The standard InChI is InChI=1S/C11H13NO2/c1-6-3-4-8-9(11(13)14)5-12-10(8)7(6)2/h3-4,9,12H,5H2,1-2H3,(H,13,14). The lowest BCUT2D eigenvalue weighted by Gasteiger charge is -2.08. The lowest BCUT2D eigenvalue weighted by molar-refractivity contribution is -0.138. The van der Waals surface area contributed by atoms with Gasteiger partial charge in [0.1, 0.15) is 5.92 Å². The molecule has 74 valence electrons. The molecule has 0 amide bonds. The molecule has 0 saturated heterocycles. The van der Waals surface area contributed by atoms with Crippen molar-refractivity contribution in [2.24, 2.45) is 0 Å². The minimum atomic E-state index is -0.750. The van der Waals surface area contributed by atoms with Crippen molar-refractivity contribution in [1.82, 2.24) is 0 Å². The van der Waals surface area contributed by atoms with Crippen molar-refractivity contribution in [3.63, 3.8) is 0 Å². The lowest BCUT2D eigenvalue weighted by Crippen LogP contribution is -2.12. The van der Waals surface area contributed by atoms with Crippen LogP contribution < -0.4 is 5.32 Å². The fourth-order valence-electron chi connectivity index (χ4n) is 1.90. The Kier molecular flexibility index (Phi) is 1.95. The number of fused-ring (bicyclic) bond motifs is 1. The van der Waals surface area contributed by atoms with Gasteiger partial charge in [0, 0.05) is 12.2 Å². The van der Waals surface area contributed by atoms with Crippen molar-refractivity contribution >= 4 is 11.7 Å². The fraction of sp³-hybridized carbons (Fsp3) is 0.364. The van der Waals surface area contributed by atoms with E-state index < -0.39 is 5.97 Å². The van der Waals surface area contributed by atoms with Gasteiger partial charge in [0.05, 0.1) is 0 Å². The van der Waals surface area contributed by atoms with Gasteiger partial charge in [-0.05, 0) is 30.5 Å². The van der Waals surface area contributed by atoms with Crippen LogP contribution in [0.3, 0.4) is 0 Å². The predicted octanol–water partition coefficient (Wildman–Crippen LogP) is 1.90. The van der Waals surface area contributed by atoms with E-state index in [9.17, 15) is 4.79 Å². The van der Waals surface area contributed by atoms with Crippen LogP contribution in [0, 0.1) is 13.8 Å². The predicted molar refractivity (Wildman–Crippen MR) is 54.8 cm³/mol. The van der Waals surface area contributed by atoms with Gasteiger partial charge in [-0.25, -0.2) is 0 Å². The van der Waals surface area contributed by atoms with Crippen LogP contribution in [-0.2, 0) is 4.79 Å². The molecule has 2 N–H and O–H groups in total. The Labute approximate surface area is 82.8 Å². The molecule has 0 aromatic heterocycles. The maximum absolute atomic E-state index is 10.9. The molecule has 0 spiro atoms. The van der Waals surface area contributed by atoms with Crippen LogP contribution in [0.5, 0.6) is 0 Å². The molecule has 0 bridgehead atoms. The first kappa shape index (κ1) is 9.06. The number of aryl methyl sites for hydroxylation is 1. The number of carboxylic acid groups (broad SMARTS) is 1. The highest BCUT2D eigenvalue weighted by molar-refractivity contribution is 5.83. The second-order valence-corrected chi connectivity index (χ2v) is 3.74. The maximum atomic E-state index is 10.9. The van der Waals surface area contributed by atoms with Crippen LogP contribution >= 0.6 is 0 Å². The number of rotatable bonds is 1. The molecular weight excluding hydrogens is 178 g/mol. The summed E-state index contributed by atoms with van der Waals surface area (Å²) in [6.07, 6.45) is 0. The van der Waals surface area contributed by atoms with Crippen LogP contribution in [-0.4, -0.2) is 17.6 Å². The molecule has 0 fully saturated rings. The molecule has 0 aliphatic carbocycles. The van der Waals surface area contributed by atoms with E-state index in [1.807, 2.05) is 26.0 Å². The third-order valence-corrected chi connectivity index (χ3v) is 2.92. The van der Waals surface area contributed by atoms with E-state index in [-0.39, 0.29) is 5.92 Å². The number of carbonyl (C=O) groups is 1. The van der Waals surface area contributed by atoms with Crippen LogP contribution in [0.2, 0.25) is 0 Å². The maximum Gasteiger partial charge on any atom is 0.312 e. The Morgan fingerprint density at radius 1 is 1.50 bits per heavy atom. The average Bonchev–Trinajstić information content (AvgIpc) is 2.55. The van der Waals surface area contributed by atoms with Crippen LogP contribution in [0.4, 0.5) is 5.69 Å². The number of nitrogens with one attached hydrogen (secondary N) is 1. The molecule has 3 nitrogen and oxygen atoms in total. The number of hydrogen-bond donors (Lipinski definition) is 2. The van der Waals surface area contributed by atoms with Gasteiger partial charge in [0.2, 0.25) is 0 Å². The zero-order valence-electron chi connectivity index (χ0n) is 8.29. The Morgan fingerprint density at radius 2 is 2.21 bits per heavy atom. The first-order valence-electron chi connectivity index (χ1n) is 4.68. The van der Waals surface area contributed by atoms with E-state index >= 15 is 0 Å². The Balaban J connectivity index is 2.53. The molecule has 1 aliphatic rings. The summed E-state index contributed by atoms with van der Waals surface area (Å²) in [5.74, 6) is -1.14. The molecule has 1 aliphatic heterocycles. The quantitative estimate of drug-likeness (QED) is 0.712. The molecule has 3 heteroatoms. The van der Waals surface area contributed by atoms with Gasteiger partial charge in [0.25, 0.3) is 0 Å². The molecule has 0 radical (unpaired) electrons. The van der Waals surface area contributed by atoms with Crippen LogP contribution in [0.15, 0.2) is 12.1 Å². The highest BCUT2D eigenvalue weighted by Crippen LogP contribution is 2.35.